The molecule has 0 saturated carbocycles. The Morgan fingerprint density at radius 1 is 0.791 bits per heavy atom. The largest absolute Gasteiger partial charge is 0.444 e. The molecule has 2 unspecified atom stereocenters. The van der Waals surface area contributed by atoms with Crippen LogP contribution in [0.3, 0.4) is 0 Å². The van der Waals surface area contributed by atoms with E-state index in [9.17, 15) is 24.0 Å². The maximum absolute atomic E-state index is 12.8. The van der Waals surface area contributed by atoms with Gasteiger partial charge in [0.2, 0.25) is 11.8 Å². The zero-order chi connectivity index (χ0) is 31.0. The van der Waals surface area contributed by atoms with E-state index in [1.165, 1.54) is 4.90 Å². The molecular weight excluding hydrogens is 548 g/mol. The van der Waals surface area contributed by atoms with Gasteiger partial charge in [-0.3, -0.25) is 24.1 Å². The van der Waals surface area contributed by atoms with Crippen LogP contribution in [0.1, 0.15) is 78.3 Å². The van der Waals surface area contributed by atoms with Crippen LogP contribution in [0.4, 0.5) is 4.79 Å². The molecule has 0 spiro atoms. The lowest BCUT2D eigenvalue weighted by Gasteiger charge is -2.28. The van der Waals surface area contributed by atoms with Gasteiger partial charge in [0.1, 0.15) is 11.6 Å². The Kier molecular flexibility index (Phi) is 10.7. The topological polar surface area (TPSA) is 134 Å². The number of hydrogen-bond acceptors (Lipinski definition) is 7. The van der Waals surface area contributed by atoms with E-state index < -0.39 is 17.7 Å². The highest BCUT2D eigenvalue weighted by Gasteiger charge is 2.36. The van der Waals surface area contributed by atoms with Gasteiger partial charge in [0, 0.05) is 17.7 Å². The number of nitrogens with one attached hydrogen (secondary N) is 3. The molecule has 0 aliphatic carbocycles. The predicted molar refractivity (Wildman–Crippen MR) is 162 cm³/mol. The van der Waals surface area contributed by atoms with Crippen LogP contribution >= 0.6 is 0 Å². The summed E-state index contributed by atoms with van der Waals surface area (Å²) in [6.45, 7) is 6.45. The first-order chi connectivity index (χ1) is 20.5. The van der Waals surface area contributed by atoms with Crippen molar-refractivity contribution in [1.82, 2.24) is 20.9 Å². The summed E-state index contributed by atoms with van der Waals surface area (Å²) in [7, 11) is 0. The van der Waals surface area contributed by atoms with Crippen molar-refractivity contribution in [2.75, 3.05) is 26.2 Å². The quantitative estimate of drug-likeness (QED) is 0.342. The highest BCUT2D eigenvalue weighted by molar-refractivity contribution is 6.00. The van der Waals surface area contributed by atoms with Crippen LogP contribution in [0.2, 0.25) is 0 Å². The Morgan fingerprint density at radius 2 is 1.33 bits per heavy atom. The molecule has 2 heterocycles. The van der Waals surface area contributed by atoms with Gasteiger partial charge in [-0.15, -0.1) is 0 Å². The summed E-state index contributed by atoms with van der Waals surface area (Å²) in [5, 5.41) is 8.53. The van der Waals surface area contributed by atoms with E-state index >= 15 is 0 Å². The van der Waals surface area contributed by atoms with E-state index in [0.29, 0.717) is 30.5 Å². The van der Waals surface area contributed by atoms with E-state index in [-0.39, 0.29) is 42.5 Å². The van der Waals surface area contributed by atoms with E-state index in [0.717, 1.165) is 43.4 Å². The number of amides is 3. The number of aryl methyl sites for hydroxylation is 2. The molecule has 0 aromatic heterocycles. The molecule has 2 saturated heterocycles. The first kappa shape index (κ1) is 31.9. The number of ether oxygens (including phenoxy) is 1. The van der Waals surface area contributed by atoms with E-state index in [1.807, 2.05) is 24.3 Å². The smallest absolute Gasteiger partial charge is 0.410 e. The van der Waals surface area contributed by atoms with Crippen molar-refractivity contribution in [1.29, 1.82) is 0 Å². The second kappa shape index (κ2) is 14.4. The summed E-state index contributed by atoms with van der Waals surface area (Å²) in [6.07, 6.45) is 3.99. The molecule has 2 aliphatic heterocycles. The number of ketones is 2. The lowest BCUT2D eigenvalue weighted by Crippen LogP contribution is -2.48. The van der Waals surface area contributed by atoms with Crippen LogP contribution in [0.15, 0.2) is 48.5 Å². The van der Waals surface area contributed by atoms with Gasteiger partial charge in [-0.2, -0.15) is 0 Å². The van der Waals surface area contributed by atoms with Gasteiger partial charge in [0.25, 0.3) is 0 Å². The van der Waals surface area contributed by atoms with Crippen molar-refractivity contribution in [3.63, 3.8) is 0 Å². The Bertz CT molecular complexity index is 1310. The summed E-state index contributed by atoms with van der Waals surface area (Å²) in [4.78, 5) is 64.0. The summed E-state index contributed by atoms with van der Waals surface area (Å²) in [6, 6.07) is 13.9. The molecular formula is C33H42N4O6. The van der Waals surface area contributed by atoms with Crippen LogP contribution in [0.25, 0.3) is 0 Å². The average Bonchev–Trinajstić information content (AvgIpc) is 3.70. The van der Waals surface area contributed by atoms with Crippen LogP contribution in [-0.4, -0.2) is 78.2 Å². The second-order valence-corrected chi connectivity index (χ2v) is 12.2. The van der Waals surface area contributed by atoms with E-state index in [4.69, 9.17) is 4.74 Å². The highest BCUT2D eigenvalue weighted by Crippen LogP contribution is 2.21. The maximum Gasteiger partial charge on any atom is 0.410 e. The molecule has 2 aromatic rings. The molecule has 2 fully saturated rings. The van der Waals surface area contributed by atoms with Crippen molar-refractivity contribution < 1.29 is 28.7 Å². The fourth-order valence-corrected chi connectivity index (χ4v) is 5.27. The van der Waals surface area contributed by atoms with Gasteiger partial charge in [-0.25, -0.2) is 4.79 Å². The molecule has 3 amide bonds. The zero-order valence-corrected chi connectivity index (χ0v) is 25.2. The lowest BCUT2D eigenvalue weighted by atomic mass is 10.0. The van der Waals surface area contributed by atoms with Crippen molar-refractivity contribution >= 4 is 29.5 Å². The third kappa shape index (κ3) is 9.22. The molecule has 0 bridgehead atoms. The molecule has 0 radical (unpaired) electrons. The van der Waals surface area contributed by atoms with Crippen LogP contribution in [-0.2, 0) is 27.2 Å². The normalized spacial score (nSPS) is 18.3. The highest BCUT2D eigenvalue weighted by atomic mass is 16.6. The van der Waals surface area contributed by atoms with Crippen molar-refractivity contribution in [2.24, 2.45) is 0 Å². The number of benzene rings is 2. The minimum atomic E-state index is -0.651. The number of carbonyl (C=O) groups is 5. The summed E-state index contributed by atoms with van der Waals surface area (Å²) in [5.41, 5.74) is 2.54. The Labute approximate surface area is 252 Å². The number of likely N-dealkylation sites (tertiary alicyclic amines) is 1. The third-order valence-corrected chi connectivity index (χ3v) is 7.66. The summed E-state index contributed by atoms with van der Waals surface area (Å²) < 4.78 is 5.41. The van der Waals surface area contributed by atoms with Gasteiger partial charge in [-0.1, -0.05) is 48.5 Å². The molecule has 2 aromatic carbocycles. The minimum absolute atomic E-state index is 0.0176. The Morgan fingerprint density at radius 3 is 1.81 bits per heavy atom. The zero-order valence-electron chi connectivity index (χ0n) is 25.2. The molecule has 10 nitrogen and oxygen atoms in total. The number of rotatable bonds is 11. The first-order valence-corrected chi connectivity index (χ1v) is 15.0. The molecule has 4 rings (SSSR count). The molecule has 2 aliphatic rings. The van der Waals surface area contributed by atoms with Crippen molar-refractivity contribution in [3.05, 3.63) is 70.8 Å². The minimum Gasteiger partial charge on any atom is -0.444 e. The fourth-order valence-electron chi connectivity index (χ4n) is 5.27. The van der Waals surface area contributed by atoms with Crippen molar-refractivity contribution in [2.45, 2.75) is 77.0 Å². The number of Topliss-reactive ketones (excluding diaryl/α,β-unsaturated/α-hetero) is 2. The van der Waals surface area contributed by atoms with Gasteiger partial charge in [0.15, 0.2) is 11.6 Å². The van der Waals surface area contributed by atoms with Crippen LogP contribution < -0.4 is 16.0 Å². The maximum atomic E-state index is 12.8. The molecule has 3 N–H and O–H groups in total. The monoisotopic (exact) mass is 590 g/mol. The summed E-state index contributed by atoms with van der Waals surface area (Å²) >= 11 is 0. The lowest BCUT2D eigenvalue weighted by molar-refractivity contribution is -0.125. The molecule has 230 valence electrons. The van der Waals surface area contributed by atoms with Gasteiger partial charge < -0.3 is 20.7 Å². The SMILES string of the molecule is CC(C)(C)OC(=O)N1CCCC1C(=O)NCC(=O)c1ccc(CCc2ccc(C(=O)CNC(=O)C3CCCN3)cc2)cc1. The molecule has 10 heteroatoms. The number of hydrogen-bond donors (Lipinski definition) is 3. The van der Waals surface area contributed by atoms with E-state index in [1.54, 1.807) is 45.0 Å². The van der Waals surface area contributed by atoms with Gasteiger partial charge in [0.05, 0.1) is 19.1 Å². The number of nitrogens with zero attached hydrogens (tertiary/aromatic N) is 1. The Balaban J connectivity index is 1.20. The van der Waals surface area contributed by atoms with Crippen LogP contribution in [0.5, 0.6) is 0 Å². The molecule has 2 atom stereocenters. The molecule has 43 heavy (non-hydrogen) atoms. The summed E-state index contributed by atoms with van der Waals surface area (Å²) in [5.74, 6) is -0.821. The number of carbonyl (C=O) groups excluding carboxylic acids is 5. The average molecular weight is 591 g/mol. The second-order valence-electron chi connectivity index (χ2n) is 12.2. The fraction of sp³-hybridized carbons (Fsp3) is 0.485. The Hall–Kier alpha value is -4.05. The predicted octanol–water partition coefficient (Wildman–Crippen LogP) is 3.22. The van der Waals surface area contributed by atoms with Crippen LogP contribution in [0, 0.1) is 0 Å². The van der Waals surface area contributed by atoms with Gasteiger partial charge >= 0.3 is 6.09 Å². The standard InChI is InChI=1S/C33H42N4O6/c1-33(2,3)43-32(42)37-19-5-7-27(37)31(41)36-21-29(39)25-16-12-23(13-17-25)9-8-22-10-14-24(15-11-22)28(38)20-35-30(40)26-6-4-18-34-26/h10-17,26-27,34H,4-9,18-21H2,1-3H3,(H,35,40)(H,36,41). The van der Waals surface area contributed by atoms with Crippen molar-refractivity contribution in [3.8, 4) is 0 Å². The first-order valence-electron chi connectivity index (χ1n) is 15.0. The third-order valence-electron chi connectivity index (χ3n) is 7.66. The van der Waals surface area contributed by atoms with Gasteiger partial charge in [-0.05, 0) is 77.0 Å². The van der Waals surface area contributed by atoms with E-state index in [2.05, 4.69) is 16.0 Å².